The number of rotatable bonds is 3. The molecular weight excluding hydrogens is 318 g/mol. The van der Waals surface area contributed by atoms with Gasteiger partial charge in [-0.25, -0.2) is 8.42 Å². The summed E-state index contributed by atoms with van der Waals surface area (Å²) in [6.07, 6.45) is 1.88. The second kappa shape index (κ2) is 5.19. The Hall–Kier alpha value is -0.590. The van der Waals surface area contributed by atoms with E-state index in [0.29, 0.717) is 33.8 Å². The molecule has 0 aromatic heterocycles. The zero-order valence-electron chi connectivity index (χ0n) is 10.4. The normalized spacial score (nSPS) is 17.1. The van der Waals surface area contributed by atoms with Gasteiger partial charge in [-0.05, 0) is 53.4 Å². The smallest absolute Gasteiger partial charge is 0.243 e. The number of benzene rings is 1. The standard InChI is InChI=1S/C12H16BrNO3S/c1-9-7-11(17-2)10(13)8-12(9)18(15,16)14-5-3-4-6-14/h7-8H,3-6H2,1-2H3. The Bertz CT molecular complexity index is 551. The molecule has 1 aliphatic rings. The first-order valence-corrected chi connectivity index (χ1v) is 8.04. The number of ether oxygens (including phenoxy) is 1. The molecule has 0 saturated carbocycles. The van der Waals surface area contributed by atoms with Gasteiger partial charge >= 0.3 is 0 Å². The molecule has 100 valence electrons. The van der Waals surface area contributed by atoms with Gasteiger partial charge < -0.3 is 4.74 Å². The molecule has 0 unspecified atom stereocenters. The van der Waals surface area contributed by atoms with Gasteiger partial charge in [0.1, 0.15) is 5.75 Å². The van der Waals surface area contributed by atoms with Crippen LogP contribution in [0.4, 0.5) is 0 Å². The molecule has 1 aromatic carbocycles. The fourth-order valence-corrected chi connectivity index (χ4v) is 4.55. The molecule has 2 rings (SSSR count). The van der Waals surface area contributed by atoms with Crippen LogP contribution in [0.1, 0.15) is 18.4 Å². The number of nitrogens with zero attached hydrogens (tertiary/aromatic N) is 1. The molecule has 1 saturated heterocycles. The van der Waals surface area contributed by atoms with Crippen molar-refractivity contribution in [3.63, 3.8) is 0 Å². The van der Waals surface area contributed by atoms with Crippen molar-refractivity contribution in [2.75, 3.05) is 20.2 Å². The second-order valence-electron chi connectivity index (χ2n) is 4.36. The highest BCUT2D eigenvalue weighted by Gasteiger charge is 2.29. The molecule has 1 aliphatic heterocycles. The lowest BCUT2D eigenvalue weighted by Crippen LogP contribution is -2.28. The van der Waals surface area contributed by atoms with E-state index < -0.39 is 10.0 Å². The summed E-state index contributed by atoms with van der Waals surface area (Å²) in [7, 11) is -1.81. The van der Waals surface area contributed by atoms with Crippen molar-refractivity contribution in [3.8, 4) is 5.75 Å². The highest BCUT2D eigenvalue weighted by molar-refractivity contribution is 9.10. The van der Waals surface area contributed by atoms with Gasteiger partial charge in [0, 0.05) is 13.1 Å². The topological polar surface area (TPSA) is 46.6 Å². The van der Waals surface area contributed by atoms with E-state index in [-0.39, 0.29) is 0 Å². The molecule has 4 nitrogen and oxygen atoms in total. The predicted octanol–water partition coefficient (Wildman–Crippen LogP) is 2.55. The molecule has 0 N–H and O–H groups in total. The minimum Gasteiger partial charge on any atom is -0.496 e. The number of halogens is 1. The number of hydrogen-bond donors (Lipinski definition) is 0. The summed E-state index contributed by atoms with van der Waals surface area (Å²) in [5, 5.41) is 0. The fraction of sp³-hybridized carbons (Fsp3) is 0.500. The summed E-state index contributed by atoms with van der Waals surface area (Å²) in [6, 6.07) is 3.37. The third-order valence-electron chi connectivity index (χ3n) is 3.13. The molecule has 0 aliphatic carbocycles. The summed E-state index contributed by atoms with van der Waals surface area (Å²) >= 11 is 3.33. The van der Waals surface area contributed by atoms with Crippen molar-refractivity contribution >= 4 is 26.0 Å². The Morgan fingerprint density at radius 3 is 2.44 bits per heavy atom. The molecule has 6 heteroatoms. The van der Waals surface area contributed by atoms with E-state index >= 15 is 0 Å². The monoisotopic (exact) mass is 333 g/mol. The van der Waals surface area contributed by atoms with Gasteiger partial charge in [-0.3, -0.25) is 0 Å². The maximum atomic E-state index is 12.5. The molecular formula is C12H16BrNO3S. The zero-order chi connectivity index (χ0) is 13.3. The Kier molecular flexibility index (Phi) is 3.99. The van der Waals surface area contributed by atoms with E-state index in [0.717, 1.165) is 12.8 Å². The Morgan fingerprint density at radius 2 is 1.89 bits per heavy atom. The lowest BCUT2D eigenvalue weighted by Gasteiger charge is -2.18. The highest BCUT2D eigenvalue weighted by Crippen LogP contribution is 2.32. The minimum atomic E-state index is -3.37. The van der Waals surface area contributed by atoms with Crippen LogP contribution in [0.3, 0.4) is 0 Å². The first-order chi connectivity index (χ1) is 8.46. The molecule has 0 spiro atoms. The first kappa shape index (κ1) is 13.8. The predicted molar refractivity (Wildman–Crippen MR) is 73.4 cm³/mol. The molecule has 1 fully saturated rings. The maximum Gasteiger partial charge on any atom is 0.243 e. The van der Waals surface area contributed by atoms with Crippen LogP contribution < -0.4 is 4.74 Å². The lowest BCUT2D eigenvalue weighted by atomic mass is 10.2. The van der Waals surface area contributed by atoms with Crippen LogP contribution in [0.5, 0.6) is 5.75 Å². The van der Waals surface area contributed by atoms with Gasteiger partial charge in [0.25, 0.3) is 0 Å². The van der Waals surface area contributed by atoms with Gasteiger partial charge in [0.15, 0.2) is 0 Å². The average Bonchev–Trinajstić information content (AvgIpc) is 2.85. The van der Waals surface area contributed by atoms with Crippen molar-refractivity contribution in [1.82, 2.24) is 4.31 Å². The van der Waals surface area contributed by atoms with Crippen LogP contribution in [-0.4, -0.2) is 32.9 Å². The van der Waals surface area contributed by atoms with Crippen LogP contribution in [0.2, 0.25) is 0 Å². The zero-order valence-corrected chi connectivity index (χ0v) is 12.8. The third kappa shape index (κ3) is 2.41. The average molecular weight is 334 g/mol. The van der Waals surface area contributed by atoms with Gasteiger partial charge in [-0.15, -0.1) is 0 Å². The summed E-state index contributed by atoms with van der Waals surface area (Å²) < 4.78 is 32.3. The SMILES string of the molecule is COc1cc(C)c(S(=O)(=O)N2CCCC2)cc1Br. The Morgan fingerprint density at radius 1 is 1.28 bits per heavy atom. The van der Waals surface area contributed by atoms with Crippen LogP contribution in [0.15, 0.2) is 21.5 Å². The van der Waals surface area contributed by atoms with E-state index in [9.17, 15) is 8.42 Å². The van der Waals surface area contributed by atoms with Crippen LogP contribution in [0.25, 0.3) is 0 Å². The largest absolute Gasteiger partial charge is 0.496 e. The molecule has 0 radical (unpaired) electrons. The third-order valence-corrected chi connectivity index (χ3v) is 5.79. The number of hydrogen-bond acceptors (Lipinski definition) is 3. The van der Waals surface area contributed by atoms with Crippen molar-refractivity contribution in [2.45, 2.75) is 24.7 Å². The summed E-state index contributed by atoms with van der Waals surface area (Å²) in [5.74, 6) is 0.646. The number of methoxy groups -OCH3 is 1. The summed E-state index contributed by atoms with van der Waals surface area (Å²) in [4.78, 5) is 0.358. The van der Waals surface area contributed by atoms with Gasteiger partial charge in [-0.1, -0.05) is 0 Å². The van der Waals surface area contributed by atoms with E-state index in [4.69, 9.17) is 4.74 Å². The fourth-order valence-electron chi connectivity index (χ4n) is 2.14. The molecule has 0 atom stereocenters. The lowest BCUT2D eigenvalue weighted by molar-refractivity contribution is 0.411. The minimum absolute atomic E-state index is 0.358. The van der Waals surface area contributed by atoms with E-state index in [1.54, 1.807) is 30.5 Å². The van der Waals surface area contributed by atoms with Crippen LogP contribution in [-0.2, 0) is 10.0 Å². The number of aryl methyl sites for hydroxylation is 1. The van der Waals surface area contributed by atoms with Gasteiger partial charge in [-0.2, -0.15) is 4.31 Å². The number of sulfonamides is 1. The van der Waals surface area contributed by atoms with Crippen molar-refractivity contribution in [1.29, 1.82) is 0 Å². The van der Waals surface area contributed by atoms with Crippen molar-refractivity contribution in [3.05, 3.63) is 22.2 Å². The molecule has 18 heavy (non-hydrogen) atoms. The van der Waals surface area contributed by atoms with Crippen molar-refractivity contribution in [2.24, 2.45) is 0 Å². The summed E-state index contributed by atoms with van der Waals surface area (Å²) in [6.45, 7) is 3.02. The molecule has 1 aromatic rings. The van der Waals surface area contributed by atoms with Gasteiger partial charge in [0.05, 0.1) is 16.5 Å². The van der Waals surface area contributed by atoms with E-state index in [1.807, 2.05) is 0 Å². The van der Waals surface area contributed by atoms with E-state index in [2.05, 4.69) is 15.9 Å². The molecule has 1 heterocycles. The highest BCUT2D eigenvalue weighted by atomic mass is 79.9. The quantitative estimate of drug-likeness (QED) is 0.853. The Balaban J connectivity index is 2.47. The molecule has 0 bridgehead atoms. The van der Waals surface area contributed by atoms with Crippen molar-refractivity contribution < 1.29 is 13.2 Å². The van der Waals surface area contributed by atoms with E-state index in [1.165, 1.54) is 0 Å². The van der Waals surface area contributed by atoms with Crippen LogP contribution >= 0.6 is 15.9 Å². The summed E-state index contributed by atoms with van der Waals surface area (Å²) in [5.41, 5.74) is 0.710. The van der Waals surface area contributed by atoms with Gasteiger partial charge in [0.2, 0.25) is 10.0 Å². The first-order valence-electron chi connectivity index (χ1n) is 5.81. The Labute approximate surface area is 116 Å². The maximum absolute atomic E-state index is 12.5. The molecule has 0 amide bonds. The second-order valence-corrected chi connectivity index (χ2v) is 7.12. The van der Waals surface area contributed by atoms with Crippen LogP contribution in [0, 0.1) is 6.92 Å².